The molecule has 0 amide bonds. The third kappa shape index (κ3) is 4.32. The second-order valence-corrected chi connectivity index (χ2v) is 5.59. The van der Waals surface area contributed by atoms with Crippen molar-refractivity contribution in [3.05, 3.63) is 65.5 Å². The average Bonchev–Trinajstić information content (AvgIpc) is 2.48. The molecule has 3 nitrogen and oxygen atoms in total. The Morgan fingerprint density at radius 1 is 1.23 bits per heavy atom. The Balaban J connectivity index is 2.24. The van der Waals surface area contributed by atoms with Crippen LogP contribution in [0.25, 0.3) is 0 Å². The van der Waals surface area contributed by atoms with E-state index in [1.54, 1.807) is 19.1 Å². The second-order valence-electron chi connectivity index (χ2n) is 5.59. The highest BCUT2D eigenvalue weighted by Gasteiger charge is 2.17. The van der Waals surface area contributed by atoms with Gasteiger partial charge in [0.25, 0.3) is 0 Å². The van der Waals surface area contributed by atoms with Crippen molar-refractivity contribution < 1.29 is 14.3 Å². The van der Waals surface area contributed by atoms with Gasteiger partial charge in [0, 0.05) is 18.8 Å². The zero-order valence-electron chi connectivity index (χ0n) is 12.8. The summed E-state index contributed by atoms with van der Waals surface area (Å²) in [7, 11) is 0. The number of carboxylic acid groups (broad SMARTS) is 1. The van der Waals surface area contributed by atoms with Crippen LogP contribution in [0.2, 0.25) is 0 Å². The van der Waals surface area contributed by atoms with Crippen LogP contribution in [0, 0.1) is 18.7 Å². The van der Waals surface area contributed by atoms with Gasteiger partial charge >= 0.3 is 5.97 Å². The first-order valence-corrected chi connectivity index (χ1v) is 7.24. The van der Waals surface area contributed by atoms with E-state index in [-0.39, 0.29) is 5.82 Å². The van der Waals surface area contributed by atoms with Crippen LogP contribution in [-0.2, 0) is 11.3 Å². The van der Waals surface area contributed by atoms with Crippen LogP contribution >= 0.6 is 0 Å². The standard InChI is InChI=1S/C18H20FNO2/c1-13-6-8-15(9-7-13)12-20(11-14(2)18(21)22)17-5-3-4-16(19)10-17/h3-10,14H,11-12H2,1-2H3,(H,21,22). The molecule has 116 valence electrons. The lowest BCUT2D eigenvalue weighted by molar-refractivity contribution is -0.140. The van der Waals surface area contributed by atoms with Gasteiger partial charge < -0.3 is 10.0 Å². The minimum atomic E-state index is -0.856. The first-order valence-electron chi connectivity index (χ1n) is 7.24. The molecule has 0 saturated heterocycles. The molecule has 2 rings (SSSR count). The Labute approximate surface area is 130 Å². The summed E-state index contributed by atoms with van der Waals surface area (Å²) in [4.78, 5) is 13.0. The zero-order valence-corrected chi connectivity index (χ0v) is 12.8. The van der Waals surface area contributed by atoms with Gasteiger partial charge in [-0.05, 0) is 30.7 Å². The molecule has 0 aromatic heterocycles. The molecule has 2 aromatic rings. The van der Waals surface area contributed by atoms with Gasteiger partial charge in [-0.2, -0.15) is 0 Å². The molecule has 0 aliphatic heterocycles. The first-order chi connectivity index (χ1) is 10.5. The lowest BCUT2D eigenvalue weighted by Crippen LogP contribution is -2.31. The molecule has 0 radical (unpaired) electrons. The average molecular weight is 301 g/mol. The van der Waals surface area contributed by atoms with Gasteiger partial charge in [0.15, 0.2) is 0 Å². The normalized spacial score (nSPS) is 12.0. The molecule has 22 heavy (non-hydrogen) atoms. The van der Waals surface area contributed by atoms with Gasteiger partial charge in [0.2, 0.25) is 0 Å². The first kappa shape index (κ1) is 16.0. The summed E-state index contributed by atoms with van der Waals surface area (Å²) in [5.74, 6) is -1.71. The number of rotatable bonds is 6. The molecule has 0 fully saturated rings. The Hall–Kier alpha value is -2.36. The van der Waals surface area contributed by atoms with E-state index in [0.717, 1.165) is 5.56 Å². The van der Waals surface area contributed by atoms with E-state index in [9.17, 15) is 9.18 Å². The fraction of sp³-hybridized carbons (Fsp3) is 0.278. The summed E-state index contributed by atoms with van der Waals surface area (Å²) in [6, 6.07) is 14.3. The highest BCUT2D eigenvalue weighted by Crippen LogP contribution is 2.20. The van der Waals surface area contributed by atoms with Gasteiger partial charge in [-0.1, -0.05) is 42.8 Å². The molecular formula is C18H20FNO2. The number of carbonyl (C=O) groups is 1. The van der Waals surface area contributed by atoms with E-state index in [1.807, 2.05) is 36.1 Å². The van der Waals surface area contributed by atoms with Crippen LogP contribution < -0.4 is 4.90 Å². The number of benzene rings is 2. The van der Waals surface area contributed by atoms with Gasteiger partial charge in [0.1, 0.15) is 5.82 Å². The molecule has 1 unspecified atom stereocenters. The zero-order chi connectivity index (χ0) is 16.1. The third-order valence-electron chi connectivity index (χ3n) is 3.58. The van der Waals surface area contributed by atoms with Gasteiger partial charge in [-0.15, -0.1) is 0 Å². The molecule has 0 heterocycles. The fourth-order valence-electron chi connectivity index (χ4n) is 2.26. The predicted octanol–water partition coefficient (Wildman–Crippen LogP) is 3.86. The number of carboxylic acids is 1. The number of hydrogen-bond acceptors (Lipinski definition) is 2. The number of halogens is 1. The molecule has 0 aliphatic rings. The highest BCUT2D eigenvalue weighted by molar-refractivity contribution is 5.70. The SMILES string of the molecule is Cc1ccc(CN(CC(C)C(=O)O)c2cccc(F)c2)cc1. The number of anilines is 1. The largest absolute Gasteiger partial charge is 0.481 e. The van der Waals surface area contributed by atoms with Crippen molar-refractivity contribution in [2.24, 2.45) is 5.92 Å². The second kappa shape index (κ2) is 7.07. The van der Waals surface area contributed by atoms with Crippen molar-refractivity contribution >= 4 is 11.7 Å². The molecule has 0 saturated carbocycles. The highest BCUT2D eigenvalue weighted by atomic mass is 19.1. The number of hydrogen-bond donors (Lipinski definition) is 1. The number of nitrogens with zero attached hydrogens (tertiary/aromatic N) is 1. The van der Waals surface area contributed by atoms with E-state index in [4.69, 9.17) is 5.11 Å². The van der Waals surface area contributed by atoms with E-state index in [0.29, 0.717) is 18.8 Å². The number of aryl methyl sites for hydroxylation is 1. The maximum absolute atomic E-state index is 13.5. The van der Waals surface area contributed by atoms with Crippen molar-refractivity contribution in [1.82, 2.24) is 0 Å². The van der Waals surface area contributed by atoms with Crippen LogP contribution in [0.3, 0.4) is 0 Å². The molecule has 0 aliphatic carbocycles. The molecular weight excluding hydrogens is 281 g/mol. The van der Waals surface area contributed by atoms with Crippen LogP contribution in [0.4, 0.5) is 10.1 Å². The monoisotopic (exact) mass is 301 g/mol. The quantitative estimate of drug-likeness (QED) is 0.880. The maximum Gasteiger partial charge on any atom is 0.308 e. The number of aliphatic carboxylic acids is 1. The van der Waals surface area contributed by atoms with Crippen molar-refractivity contribution in [3.8, 4) is 0 Å². The summed E-state index contributed by atoms with van der Waals surface area (Å²) < 4.78 is 13.5. The van der Waals surface area contributed by atoms with E-state index in [2.05, 4.69) is 0 Å². The molecule has 0 bridgehead atoms. The van der Waals surface area contributed by atoms with Gasteiger partial charge in [-0.25, -0.2) is 4.39 Å². The Morgan fingerprint density at radius 2 is 1.91 bits per heavy atom. The van der Waals surface area contributed by atoms with Crippen LogP contribution in [0.15, 0.2) is 48.5 Å². The Bertz CT molecular complexity index is 640. The summed E-state index contributed by atoms with van der Waals surface area (Å²) in [6.45, 7) is 4.54. The molecule has 4 heteroatoms. The predicted molar refractivity (Wildman–Crippen MR) is 85.4 cm³/mol. The lowest BCUT2D eigenvalue weighted by atomic mass is 10.1. The van der Waals surface area contributed by atoms with Gasteiger partial charge in [0.05, 0.1) is 5.92 Å². The Morgan fingerprint density at radius 3 is 2.50 bits per heavy atom. The fourth-order valence-corrected chi connectivity index (χ4v) is 2.26. The summed E-state index contributed by atoms with van der Waals surface area (Å²) >= 11 is 0. The maximum atomic E-state index is 13.5. The topological polar surface area (TPSA) is 40.5 Å². The molecule has 1 N–H and O–H groups in total. The lowest BCUT2D eigenvalue weighted by Gasteiger charge is -2.27. The van der Waals surface area contributed by atoms with Crippen LogP contribution in [-0.4, -0.2) is 17.6 Å². The van der Waals surface area contributed by atoms with E-state index in [1.165, 1.54) is 17.7 Å². The van der Waals surface area contributed by atoms with E-state index < -0.39 is 11.9 Å². The summed E-state index contributed by atoms with van der Waals surface area (Å²) in [5, 5.41) is 9.13. The van der Waals surface area contributed by atoms with E-state index >= 15 is 0 Å². The van der Waals surface area contributed by atoms with Crippen molar-refractivity contribution in [3.63, 3.8) is 0 Å². The molecule has 0 spiro atoms. The third-order valence-corrected chi connectivity index (χ3v) is 3.58. The van der Waals surface area contributed by atoms with Gasteiger partial charge in [-0.3, -0.25) is 4.79 Å². The van der Waals surface area contributed by atoms with Crippen molar-refractivity contribution in [1.29, 1.82) is 0 Å². The minimum absolute atomic E-state index is 0.325. The van der Waals surface area contributed by atoms with Crippen LogP contribution in [0.1, 0.15) is 18.1 Å². The smallest absolute Gasteiger partial charge is 0.308 e. The molecule has 2 aromatic carbocycles. The van der Waals surface area contributed by atoms with Crippen molar-refractivity contribution in [2.45, 2.75) is 20.4 Å². The minimum Gasteiger partial charge on any atom is -0.481 e. The summed E-state index contributed by atoms with van der Waals surface area (Å²) in [5.41, 5.74) is 2.92. The Kier molecular flexibility index (Phi) is 5.15. The van der Waals surface area contributed by atoms with Crippen molar-refractivity contribution in [2.75, 3.05) is 11.4 Å². The summed E-state index contributed by atoms with van der Waals surface area (Å²) in [6.07, 6.45) is 0. The van der Waals surface area contributed by atoms with Crippen LogP contribution in [0.5, 0.6) is 0 Å². The molecule has 1 atom stereocenters.